The molecule has 0 aromatic heterocycles. The van der Waals surface area contributed by atoms with Crippen molar-refractivity contribution in [2.24, 2.45) is 0 Å². The molecule has 0 aromatic carbocycles. The second-order valence-electron chi connectivity index (χ2n) is 5.15. The molecular formula is C17H28. The molecule has 0 heterocycles. The Hall–Kier alpha value is -1.04. The molecule has 0 aliphatic heterocycles. The summed E-state index contributed by atoms with van der Waals surface area (Å²) in [6.45, 7) is 16.5. The van der Waals surface area contributed by atoms with E-state index in [1.54, 1.807) is 5.57 Å². The van der Waals surface area contributed by atoms with Gasteiger partial charge >= 0.3 is 0 Å². The van der Waals surface area contributed by atoms with Gasteiger partial charge in [-0.1, -0.05) is 34.4 Å². The summed E-state index contributed by atoms with van der Waals surface area (Å²) >= 11 is 0. The van der Waals surface area contributed by atoms with Crippen LogP contribution in [0.2, 0.25) is 0 Å². The third-order valence-corrected chi connectivity index (χ3v) is 2.92. The molecule has 0 aromatic rings. The minimum absolute atomic E-state index is 1.02. The lowest BCUT2D eigenvalue weighted by atomic mass is 9.96. The Labute approximate surface area is 108 Å². The third kappa shape index (κ3) is 8.74. The van der Waals surface area contributed by atoms with Gasteiger partial charge in [0.1, 0.15) is 0 Å². The normalized spacial score (nSPS) is 11.8. The van der Waals surface area contributed by atoms with E-state index in [4.69, 9.17) is 0 Å². The molecule has 0 spiro atoms. The Morgan fingerprint density at radius 3 is 2.12 bits per heavy atom. The van der Waals surface area contributed by atoms with Crippen LogP contribution >= 0.6 is 0 Å². The van der Waals surface area contributed by atoms with E-state index in [-0.39, 0.29) is 0 Å². The topological polar surface area (TPSA) is 0 Å². The van der Waals surface area contributed by atoms with E-state index in [9.17, 15) is 0 Å². The van der Waals surface area contributed by atoms with E-state index in [2.05, 4.69) is 46.9 Å². The van der Waals surface area contributed by atoms with Crippen LogP contribution in [-0.2, 0) is 0 Å². The standard InChI is InChI=1S/C17H28/c1-7-9-17(13-12-15(4)5)16(6)11-8-10-14(2)3/h7,10H,1,4,8-9,11-13H2,2-3,5-6H3/b17-16-. The summed E-state index contributed by atoms with van der Waals surface area (Å²) in [5.41, 5.74) is 5.75. The van der Waals surface area contributed by atoms with Gasteiger partial charge < -0.3 is 0 Å². The van der Waals surface area contributed by atoms with Gasteiger partial charge in [0.2, 0.25) is 0 Å². The van der Waals surface area contributed by atoms with Gasteiger partial charge in [0.05, 0.1) is 0 Å². The van der Waals surface area contributed by atoms with Gasteiger partial charge in [-0.2, -0.15) is 0 Å². The van der Waals surface area contributed by atoms with Gasteiger partial charge in [0.25, 0.3) is 0 Å². The lowest BCUT2D eigenvalue weighted by molar-refractivity contribution is 0.846. The predicted octanol–water partition coefficient (Wildman–Crippen LogP) is 5.98. The second-order valence-corrected chi connectivity index (χ2v) is 5.15. The molecule has 0 radical (unpaired) electrons. The fourth-order valence-electron chi connectivity index (χ4n) is 1.78. The minimum Gasteiger partial charge on any atom is -0.103 e. The highest BCUT2D eigenvalue weighted by atomic mass is 14.1. The Morgan fingerprint density at radius 2 is 1.65 bits per heavy atom. The van der Waals surface area contributed by atoms with E-state index < -0.39 is 0 Å². The van der Waals surface area contributed by atoms with Crippen molar-refractivity contribution in [1.29, 1.82) is 0 Å². The molecule has 0 rings (SSSR count). The molecule has 0 nitrogen and oxygen atoms in total. The van der Waals surface area contributed by atoms with Crippen molar-refractivity contribution in [2.75, 3.05) is 0 Å². The van der Waals surface area contributed by atoms with Crippen LogP contribution in [0.25, 0.3) is 0 Å². The molecule has 17 heavy (non-hydrogen) atoms. The first-order valence-electron chi connectivity index (χ1n) is 6.53. The van der Waals surface area contributed by atoms with Crippen molar-refractivity contribution in [3.8, 4) is 0 Å². The Bertz CT molecular complexity index is 309. The van der Waals surface area contributed by atoms with Gasteiger partial charge in [0.15, 0.2) is 0 Å². The second kappa shape index (κ2) is 9.04. The summed E-state index contributed by atoms with van der Waals surface area (Å²) < 4.78 is 0. The predicted molar refractivity (Wildman–Crippen MR) is 80.2 cm³/mol. The highest BCUT2D eigenvalue weighted by Gasteiger charge is 2.01. The number of rotatable bonds is 8. The molecule has 0 heteroatoms. The molecule has 96 valence electrons. The Balaban J connectivity index is 4.44. The highest BCUT2D eigenvalue weighted by Crippen LogP contribution is 2.21. The summed E-state index contributed by atoms with van der Waals surface area (Å²) in [6.07, 6.45) is 9.91. The van der Waals surface area contributed by atoms with E-state index in [0.717, 1.165) is 25.7 Å². The van der Waals surface area contributed by atoms with E-state index in [1.165, 1.54) is 23.1 Å². The van der Waals surface area contributed by atoms with Crippen LogP contribution < -0.4 is 0 Å². The first-order valence-corrected chi connectivity index (χ1v) is 6.53. The number of allylic oxidation sites excluding steroid dienone is 6. The summed E-state index contributed by atoms with van der Waals surface area (Å²) in [6, 6.07) is 0. The summed E-state index contributed by atoms with van der Waals surface area (Å²) in [5, 5.41) is 0. The first kappa shape index (κ1) is 16.0. The smallest absolute Gasteiger partial charge is 0.0139 e. The lowest BCUT2D eigenvalue weighted by Crippen LogP contribution is -1.90. The number of hydrogen-bond donors (Lipinski definition) is 0. The summed E-state index contributed by atoms with van der Waals surface area (Å²) in [7, 11) is 0. The summed E-state index contributed by atoms with van der Waals surface area (Å²) in [4.78, 5) is 0. The zero-order chi connectivity index (χ0) is 13.3. The van der Waals surface area contributed by atoms with Crippen LogP contribution in [0.15, 0.2) is 47.6 Å². The third-order valence-electron chi connectivity index (χ3n) is 2.92. The van der Waals surface area contributed by atoms with Crippen molar-refractivity contribution in [3.05, 3.63) is 47.6 Å². The molecule has 0 bridgehead atoms. The lowest BCUT2D eigenvalue weighted by Gasteiger charge is -2.10. The zero-order valence-corrected chi connectivity index (χ0v) is 12.1. The monoisotopic (exact) mass is 232 g/mol. The van der Waals surface area contributed by atoms with Crippen molar-refractivity contribution < 1.29 is 0 Å². The van der Waals surface area contributed by atoms with Crippen molar-refractivity contribution in [2.45, 2.75) is 59.8 Å². The molecule has 0 saturated carbocycles. The molecule has 0 amide bonds. The molecule has 0 N–H and O–H groups in total. The van der Waals surface area contributed by atoms with Gasteiger partial charge in [-0.3, -0.25) is 0 Å². The SMILES string of the molecule is C=CC/C(CCC(=C)C)=C(\C)CCC=C(C)C. The molecule has 0 saturated heterocycles. The van der Waals surface area contributed by atoms with Crippen LogP contribution in [0.5, 0.6) is 0 Å². The average Bonchev–Trinajstić information content (AvgIpc) is 2.23. The van der Waals surface area contributed by atoms with Gasteiger partial charge in [-0.05, 0) is 59.8 Å². The minimum atomic E-state index is 1.02. The fourth-order valence-corrected chi connectivity index (χ4v) is 1.78. The maximum atomic E-state index is 3.97. The average molecular weight is 232 g/mol. The Morgan fingerprint density at radius 1 is 1.00 bits per heavy atom. The highest BCUT2D eigenvalue weighted by molar-refractivity contribution is 5.17. The first-order chi connectivity index (χ1) is 7.97. The largest absolute Gasteiger partial charge is 0.103 e. The quantitative estimate of drug-likeness (QED) is 0.451. The molecule has 0 unspecified atom stereocenters. The summed E-state index contributed by atoms with van der Waals surface area (Å²) in [5.74, 6) is 0. The van der Waals surface area contributed by atoms with Crippen LogP contribution in [0.4, 0.5) is 0 Å². The maximum Gasteiger partial charge on any atom is -0.0139 e. The van der Waals surface area contributed by atoms with Crippen LogP contribution in [0.1, 0.15) is 59.8 Å². The van der Waals surface area contributed by atoms with Crippen molar-refractivity contribution in [3.63, 3.8) is 0 Å². The molecule has 0 aliphatic rings. The fraction of sp³-hybridized carbons (Fsp3) is 0.529. The van der Waals surface area contributed by atoms with E-state index >= 15 is 0 Å². The van der Waals surface area contributed by atoms with Crippen molar-refractivity contribution in [1.82, 2.24) is 0 Å². The van der Waals surface area contributed by atoms with Gasteiger partial charge in [0, 0.05) is 0 Å². The Kier molecular flexibility index (Phi) is 8.49. The number of hydrogen-bond acceptors (Lipinski definition) is 0. The van der Waals surface area contributed by atoms with E-state index in [0.29, 0.717) is 0 Å². The zero-order valence-electron chi connectivity index (χ0n) is 12.1. The van der Waals surface area contributed by atoms with Gasteiger partial charge in [-0.25, -0.2) is 0 Å². The molecule has 0 fully saturated rings. The maximum absolute atomic E-state index is 3.97. The molecular weight excluding hydrogens is 204 g/mol. The molecule has 0 aliphatic carbocycles. The van der Waals surface area contributed by atoms with Gasteiger partial charge in [-0.15, -0.1) is 13.2 Å². The van der Waals surface area contributed by atoms with Crippen molar-refractivity contribution >= 4 is 0 Å². The van der Waals surface area contributed by atoms with Crippen LogP contribution in [0, 0.1) is 0 Å². The van der Waals surface area contributed by atoms with E-state index in [1.807, 2.05) is 6.08 Å². The molecule has 0 atom stereocenters. The van der Waals surface area contributed by atoms with Crippen LogP contribution in [-0.4, -0.2) is 0 Å². The van der Waals surface area contributed by atoms with Crippen LogP contribution in [0.3, 0.4) is 0 Å².